The highest BCUT2D eigenvalue weighted by molar-refractivity contribution is 7.99. The summed E-state index contributed by atoms with van der Waals surface area (Å²) in [5.41, 5.74) is 3.15. The molecule has 0 saturated carbocycles. The Kier molecular flexibility index (Phi) is 8.09. The number of carbonyl (C=O) groups is 1. The van der Waals surface area contributed by atoms with Gasteiger partial charge in [-0.2, -0.15) is 17.0 Å². The van der Waals surface area contributed by atoms with Crippen molar-refractivity contribution < 1.29 is 9.90 Å². The van der Waals surface area contributed by atoms with Crippen molar-refractivity contribution in [3.63, 3.8) is 0 Å². The van der Waals surface area contributed by atoms with Crippen LogP contribution in [0.4, 0.5) is 0 Å². The van der Waals surface area contributed by atoms with Crippen LogP contribution in [0.25, 0.3) is 6.08 Å². The zero-order valence-corrected chi connectivity index (χ0v) is 15.9. The van der Waals surface area contributed by atoms with Gasteiger partial charge in [-0.15, -0.1) is 0 Å². The van der Waals surface area contributed by atoms with Crippen molar-refractivity contribution in [2.24, 2.45) is 0 Å². The third-order valence-electron chi connectivity index (χ3n) is 4.12. The molecule has 24 heavy (non-hydrogen) atoms. The number of aliphatic hydroxyl groups is 1. The quantitative estimate of drug-likeness (QED) is 0.559. The highest BCUT2D eigenvalue weighted by atomic mass is 32.2. The average molecular weight is 350 g/mol. The van der Waals surface area contributed by atoms with E-state index in [-0.39, 0.29) is 23.5 Å². The van der Waals surface area contributed by atoms with E-state index >= 15 is 0 Å². The van der Waals surface area contributed by atoms with Gasteiger partial charge in [0.1, 0.15) is 11.6 Å². The van der Waals surface area contributed by atoms with Gasteiger partial charge in [-0.25, -0.2) is 0 Å². The number of hydrogen-bond acceptors (Lipinski definition) is 4. The number of thioether (sulfide) groups is 1. The number of hydrogen-bond donors (Lipinski definition) is 2. The number of aromatic nitrogens is 1. The minimum Gasteiger partial charge on any atom is -0.395 e. The third-order valence-corrected chi connectivity index (χ3v) is 5.29. The molecule has 0 aromatic carbocycles. The molecule has 132 valence electrons. The Morgan fingerprint density at radius 2 is 2.21 bits per heavy atom. The Morgan fingerprint density at radius 1 is 1.54 bits per heavy atom. The molecule has 0 aliphatic carbocycles. The standard InChI is InChI=1S/C18H27N3O2S/c1-6-7-21-12(2)8-15(14(21)4)9-16(10-19)18(23)20-13(3)17(11-22)24-5/h8-9,13,17,22H,6-7,11H2,1-5H3,(H,20,23)/b16-9-. The summed E-state index contributed by atoms with van der Waals surface area (Å²) in [6.45, 7) is 8.87. The molecule has 1 amide bonds. The van der Waals surface area contributed by atoms with Crippen LogP contribution in [0.1, 0.15) is 37.2 Å². The van der Waals surface area contributed by atoms with E-state index in [0.29, 0.717) is 0 Å². The predicted octanol–water partition coefficient (Wildman–Crippen LogP) is 2.65. The maximum Gasteiger partial charge on any atom is 0.262 e. The number of aliphatic hydroxyl groups excluding tert-OH is 1. The SMILES string of the molecule is CCCn1c(C)cc(/C=C(/C#N)C(=O)NC(C)C(CO)SC)c1C. The van der Waals surface area contributed by atoms with E-state index in [2.05, 4.69) is 16.8 Å². The molecular formula is C18H27N3O2S. The van der Waals surface area contributed by atoms with Gasteiger partial charge in [0, 0.05) is 29.2 Å². The van der Waals surface area contributed by atoms with Crippen molar-refractivity contribution >= 4 is 23.7 Å². The number of nitriles is 1. The summed E-state index contributed by atoms with van der Waals surface area (Å²) in [4.78, 5) is 12.4. The van der Waals surface area contributed by atoms with E-state index in [1.807, 2.05) is 39.2 Å². The number of nitrogens with one attached hydrogen (secondary N) is 1. The zero-order chi connectivity index (χ0) is 18.3. The summed E-state index contributed by atoms with van der Waals surface area (Å²) in [6, 6.07) is 3.77. The molecule has 1 aromatic rings. The fraction of sp³-hybridized carbons (Fsp3) is 0.556. The summed E-state index contributed by atoms with van der Waals surface area (Å²) >= 11 is 1.49. The molecule has 2 N–H and O–H groups in total. The molecule has 1 aromatic heterocycles. The van der Waals surface area contributed by atoms with E-state index in [4.69, 9.17) is 0 Å². The molecule has 0 radical (unpaired) electrons. The van der Waals surface area contributed by atoms with E-state index in [0.717, 1.165) is 29.9 Å². The van der Waals surface area contributed by atoms with Gasteiger partial charge < -0.3 is 15.0 Å². The first-order valence-corrected chi connectivity index (χ1v) is 9.41. The third kappa shape index (κ3) is 4.89. The molecule has 5 nitrogen and oxygen atoms in total. The minimum atomic E-state index is -0.405. The molecule has 0 aliphatic rings. The van der Waals surface area contributed by atoms with Gasteiger partial charge in [0.05, 0.1) is 6.61 Å². The largest absolute Gasteiger partial charge is 0.395 e. The van der Waals surface area contributed by atoms with Gasteiger partial charge in [-0.1, -0.05) is 6.92 Å². The van der Waals surface area contributed by atoms with Crippen molar-refractivity contribution in [1.29, 1.82) is 5.26 Å². The van der Waals surface area contributed by atoms with E-state index in [9.17, 15) is 15.2 Å². The fourth-order valence-corrected chi connectivity index (χ4v) is 3.29. The summed E-state index contributed by atoms with van der Waals surface area (Å²) in [6.07, 6.45) is 4.55. The highest BCUT2D eigenvalue weighted by Gasteiger charge is 2.20. The minimum absolute atomic E-state index is 0.0214. The van der Waals surface area contributed by atoms with Gasteiger partial charge in [0.25, 0.3) is 5.91 Å². The smallest absolute Gasteiger partial charge is 0.262 e. The van der Waals surface area contributed by atoms with Crippen molar-refractivity contribution in [2.75, 3.05) is 12.9 Å². The number of amides is 1. The number of aryl methyl sites for hydroxylation is 1. The summed E-state index contributed by atoms with van der Waals surface area (Å²) in [5, 5.41) is 21.4. The Bertz CT molecular complexity index is 639. The van der Waals surface area contributed by atoms with Crippen LogP contribution < -0.4 is 5.32 Å². The van der Waals surface area contributed by atoms with Crippen LogP contribution >= 0.6 is 11.8 Å². The average Bonchev–Trinajstić information content (AvgIpc) is 2.81. The van der Waals surface area contributed by atoms with Crippen LogP contribution in [-0.4, -0.2) is 39.7 Å². The Labute approximate surface area is 148 Å². The van der Waals surface area contributed by atoms with Crippen LogP contribution in [0.2, 0.25) is 0 Å². The molecule has 0 fully saturated rings. The highest BCUT2D eigenvalue weighted by Crippen LogP contribution is 2.19. The summed E-state index contributed by atoms with van der Waals surface area (Å²) < 4.78 is 2.19. The van der Waals surface area contributed by atoms with Crippen molar-refractivity contribution in [2.45, 2.75) is 52.0 Å². The number of nitrogens with zero attached hydrogens (tertiary/aromatic N) is 2. The van der Waals surface area contributed by atoms with Crippen molar-refractivity contribution in [3.05, 3.63) is 28.6 Å². The molecule has 0 bridgehead atoms. The van der Waals surface area contributed by atoms with Gasteiger partial charge >= 0.3 is 0 Å². The van der Waals surface area contributed by atoms with Gasteiger partial charge in [0.15, 0.2) is 0 Å². The monoisotopic (exact) mass is 349 g/mol. The second-order valence-corrected chi connectivity index (χ2v) is 6.94. The lowest BCUT2D eigenvalue weighted by Gasteiger charge is -2.21. The van der Waals surface area contributed by atoms with E-state index in [1.54, 1.807) is 6.08 Å². The zero-order valence-electron chi connectivity index (χ0n) is 15.1. The normalized spacial score (nSPS) is 14.1. The molecule has 1 heterocycles. The second kappa shape index (κ2) is 9.55. The molecule has 2 atom stereocenters. The Balaban J connectivity index is 3.01. The first-order valence-electron chi connectivity index (χ1n) is 8.12. The van der Waals surface area contributed by atoms with Crippen LogP contribution in [0.15, 0.2) is 11.6 Å². The number of carbonyl (C=O) groups excluding carboxylic acids is 1. The fourth-order valence-electron chi connectivity index (χ4n) is 2.66. The number of rotatable bonds is 8. The molecule has 6 heteroatoms. The molecule has 0 saturated heterocycles. The van der Waals surface area contributed by atoms with Crippen molar-refractivity contribution in [3.8, 4) is 6.07 Å². The van der Waals surface area contributed by atoms with Gasteiger partial charge in [-0.05, 0) is 51.2 Å². The molecule has 0 spiro atoms. The molecule has 0 aliphatic heterocycles. The van der Waals surface area contributed by atoms with E-state index in [1.165, 1.54) is 11.8 Å². The summed E-state index contributed by atoms with van der Waals surface area (Å²) in [5.74, 6) is -0.405. The maximum atomic E-state index is 12.4. The second-order valence-electron chi connectivity index (χ2n) is 5.87. The first kappa shape index (κ1) is 20.3. The van der Waals surface area contributed by atoms with Crippen LogP contribution in [0, 0.1) is 25.2 Å². The lowest BCUT2D eigenvalue weighted by atomic mass is 10.1. The molecular weight excluding hydrogens is 322 g/mol. The van der Waals surface area contributed by atoms with E-state index < -0.39 is 5.91 Å². The summed E-state index contributed by atoms with van der Waals surface area (Å²) in [7, 11) is 0. The van der Waals surface area contributed by atoms with Gasteiger partial charge in [0.2, 0.25) is 0 Å². The predicted molar refractivity (Wildman–Crippen MR) is 99.8 cm³/mol. The topological polar surface area (TPSA) is 78.0 Å². The van der Waals surface area contributed by atoms with Gasteiger partial charge in [-0.3, -0.25) is 4.79 Å². The van der Waals surface area contributed by atoms with Crippen molar-refractivity contribution in [1.82, 2.24) is 9.88 Å². The molecule has 1 rings (SSSR count). The van der Waals surface area contributed by atoms with Crippen LogP contribution in [-0.2, 0) is 11.3 Å². The van der Waals surface area contributed by atoms with Crippen LogP contribution in [0.3, 0.4) is 0 Å². The lowest BCUT2D eigenvalue weighted by Crippen LogP contribution is -2.41. The maximum absolute atomic E-state index is 12.4. The van der Waals surface area contributed by atoms with Crippen LogP contribution in [0.5, 0.6) is 0 Å². The first-order chi connectivity index (χ1) is 11.4. The Hall–Kier alpha value is -1.71. The lowest BCUT2D eigenvalue weighted by molar-refractivity contribution is -0.117. The molecule has 2 unspecified atom stereocenters. The Morgan fingerprint density at radius 3 is 2.71 bits per heavy atom.